The van der Waals surface area contributed by atoms with Crippen LogP contribution in [0.3, 0.4) is 0 Å². The smallest absolute Gasteiger partial charge is 0.294 e. The van der Waals surface area contributed by atoms with Gasteiger partial charge < -0.3 is 19.3 Å². The molecule has 1 heterocycles. The van der Waals surface area contributed by atoms with E-state index < -0.39 is 17.7 Å². The lowest BCUT2D eigenvalue weighted by molar-refractivity contribution is -0.118. The van der Waals surface area contributed by atoms with Crippen molar-refractivity contribution < 1.29 is 28.9 Å². The highest BCUT2D eigenvalue weighted by Crippen LogP contribution is 2.44. The molecule has 1 atom stereocenters. The first-order valence-corrected chi connectivity index (χ1v) is 10.6. The van der Waals surface area contributed by atoms with Gasteiger partial charge in [-0.25, -0.2) is 0 Å². The number of hydrogen-bond donors (Lipinski definition) is 1. The van der Waals surface area contributed by atoms with Crippen LogP contribution < -0.4 is 19.1 Å². The number of aliphatic hydroxyl groups is 1. The van der Waals surface area contributed by atoms with Crippen LogP contribution in [0.2, 0.25) is 0 Å². The minimum absolute atomic E-state index is 0.0688. The molecular formula is C25H29NO6. The van der Waals surface area contributed by atoms with Crippen molar-refractivity contribution in [3.05, 3.63) is 59.4 Å². The fourth-order valence-corrected chi connectivity index (χ4v) is 3.84. The van der Waals surface area contributed by atoms with E-state index in [1.54, 1.807) is 49.6 Å². The summed E-state index contributed by atoms with van der Waals surface area (Å²) in [6.07, 6.45) is 0.212. The monoisotopic (exact) mass is 439 g/mol. The summed E-state index contributed by atoms with van der Waals surface area (Å²) in [5.41, 5.74) is 1.22. The van der Waals surface area contributed by atoms with E-state index in [2.05, 4.69) is 0 Å². The molecule has 1 N–H and O–H groups in total. The molecule has 1 aliphatic heterocycles. The summed E-state index contributed by atoms with van der Waals surface area (Å²) in [6, 6.07) is 11.4. The number of amides is 1. The Morgan fingerprint density at radius 2 is 1.84 bits per heavy atom. The zero-order valence-corrected chi connectivity index (χ0v) is 19.0. The van der Waals surface area contributed by atoms with Gasteiger partial charge >= 0.3 is 0 Å². The van der Waals surface area contributed by atoms with E-state index in [9.17, 15) is 14.7 Å². The van der Waals surface area contributed by atoms with Gasteiger partial charge in [-0.15, -0.1) is 0 Å². The number of hydrogen-bond acceptors (Lipinski definition) is 6. The third-order valence-electron chi connectivity index (χ3n) is 5.24. The van der Waals surface area contributed by atoms with Crippen LogP contribution in [0.4, 0.5) is 5.69 Å². The Balaban J connectivity index is 2.19. The zero-order valence-electron chi connectivity index (χ0n) is 19.0. The second-order valence-electron chi connectivity index (χ2n) is 7.91. The molecule has 2 aromatic carbocycles. The van der Waals surface area contributed by atoms with Crippen LogP contribution in [-0.2, 0) is 9.59 Å². The van der Waals surface area contributed by atoms with Crippen LogP contribution in [-0.4, -0.2) is 37.6 Å². The number of rotatable bonds is 9. The summed E-state index contributed by atoms with van der Waals surface area (Å²) in [5, 5.41) is 10.8. The molecule has 1 amide bonds. The summed E-state index contributed by atoms with van der Waals surface area (Å²) in [4.78, 5) is 27.8. The van der Waals surface area contributed by atoms with Gasteiger partial charge in [-0.05, 0) is 42.7 Å². The van der Waals surface area contributed by atoms with E-state index in [-0.39, 0.29) is 23.7 Å². The van der Waals surface area contributed by atoms with Crippen molar-refractivity contribution in [2.24, 2.45) is 5.92 Å². The molecule has 7 heteroatoms. The SMILES string of the molecule is CCOc1cc(C2C(C(=O)CC(C)C)=C(O)C(=O)N2c2cccc(OC)c2)ccc1OC. The van der Waals surface area contributed by atoms with Gasteiger partial charge in [0, 0.05) is 18.2 Å². The van der Waals surface area contributed by atoms with Crippen molar-refractivity contribution in [3.63, 3.8) is 0 Å². The lowest BCUT2D eigenvalue weighted by Gasteiger charge is -2.28. The van der Waals surface area contributed by atoms with Crippen LogP contribution in [0.15, 0.2) is 53.8 Å². The summed E-state index contributed by atoms with van der Waals surface area (Å²) >= 11 is 0. The maximum atomic E-state index is 13.2. The molecule has 0 saturated carbocycles. The highest BCUT2D eigenvalue weighted by Gasteiger charge is 2.44. The normalized spacial score (nSPS) is 16.0. The van der Waals surface area contributed by atoms with Gasteiger partial charge in [0.1, 0.15) is 5.75 Å². The predicted molar refractivity (Wildman–Crippen MR) is 122 cm³/mol. The Hall–Kier alpha value is -3.48. The first-order chi connectivity index (χ1) is 15.3. The lowest BCUT2D eigenvalue weighted by atomic mass is 9.91. The molecule has 2 aromatic rings. The van der Waals surface area contributed by atoms with Crippen molar-refractivity contribution in [2.75, 3.05) is 25.7 Å². The number of anilines is 1. The number of benzene rings is 2. The highest BCUT2D eigenvalue weighted by atomic mass is 16.5. The molecule has 1 aliphatic rings. The number of nitrogens with zero attached hydrogens (tertiary/aromatic N) is 1. The summed E-state index contributed by atoms with van der Waals surface area (Å²) in [6.45, 7) is 6.11. The van der Waals surface area contributed by atoms with Gasteiger partial charge in [0.05, 0.1) is 32.4 Å². The van der Waals surface area contributed by atoms with Crippen molar-refractivity contribution in [2.45, 2.75) is 33.2 Å². The van der Waals surface area contributed by atoms with Crippen LogP contribution in [0.1, 0.15) is 38.8 Å². The average molecular weight is 440 g/mol. The van der Waals surface area contributed by atoms with E-state index in [0.717, 1.165) is 0 Å². The van der Waals surface area contributed by atoms with Gasteiger partial charge in [0.2, 0.25) is 0 Å². The molecule has 3 rings (SSSR count). The number of carbonyl (C=O) groups excluding carboxylic acids is 2. The van der Waals surface area contributed by atoms with Crippen LogP contribution in [0, 0.1) is 5.92 Å². The van der Waals surface area contributed by atoms with Crippen LogP contribution in [0.25, 0.3) is 0 Å². The van der Waals surface area contributed by atoms with E-state index in [1.165, 1.54) is 12.0 Å². The molecule has 0 spiro atoms. The summed E-state index contributed by atoms with van der Waals surface area (Å²) in [5.74, 6) is 0.222. The Labute approximate surface area is 188 Å². The molecule has 0 saturated heterocycles. The van der Waals surface area contributed by atoms with Gasteiger partial charge in [0.25, 0.3) is 5.91 Å². The van der Waals surface area contributed by atoms with E-state index >= 15 is 0 Å². The van der Waals surface area contributed by atoms with Crippen LogP contribution in [0.5, 0.6) is 17.2 Å². The predicted octanol–water partition coefficient (Wildman–Crippen LogP) is 4.62. The Morgan fingerprint density at radius 3 is 2.47 bits per heavy atom. The molecule has 0 bridgehead atoms. The van der Waals surface area contributed by atoms with E-state index in [1.807, 2.05) is 20.8 Å². The molecule has 1 unspecified atom stereocenters. The number of Topliss-reactive ketones (excluding diaryl/α,β-unsaturated/α-hetero) is 1. The molecule has 170 valence electrons. The largest absolute Gasteiger partial charge is 0.503 e. The molecule has 0 radical (unpaired) electrons. The van der Waals surface area contributed by atoms with Crippen LogP contribution >= 0.6 is 0 Å². The lowest BCUT2D eigenvalue weighted by Crippen LogP contribution is -2.31. The Kier molecular flexibility index (Phi) is 7.08. The summed E-state index contributed by atoms with van der Waals surface area (Å²) in [7, 11) is 3.08. The van der Waals surface area contributed by atoms with E-state index in [4.69, 9.17) is 14.2 Å². The first-order valence-electron chi connectivity index (χ1n) is 10.6. The molecule has 0 aromatic heterocycles. The quantitative estimate of drug-likeness (QED) is 0.614. The van der Waals surface area contributed by atoms with Gasteiger partial charge in [-0.3, -0.25) is 14.5 Å². The van der Waals surface area contributed by atoms with Gasteiger partial charge in [-0.2, -0.15) is 0 Å². The highest BCUT2D eigenvalue weighted by molar-refractivity contribution is 6.16. The maximum Gasteiger partial charge on any atom is 0.294 e. The fourth-order valence-electron chi connectivity index (χ4n) is 3.84. The summed E-state index contributed by atoms with van der Waals surface area (Å²) < 4.78 is 16.4. The molecule has 7 nitrogen and oxygen atoms in total. The molecular weight excluding hydrogens is 410 g/mol. The molecule has 32 heavy (non-hydrogen) atoms. The third-order valence-corrected chi connectivity index (χ3v) is 5.24. The topological polar surface area (TPSA) is 85.3 Å². The molecule has 0 fully saturated rings. The average Bonchev–Trinajstić information content (AvgIpc) is 3.04. The van der Waals surface area contributed by atoms with Crippen molar-refractivity contribution in [3.8, 4) is 17.2 Å². The number of ether oxygens (including phenoxy) is 3. The third kappa shape index (κ3) is 4.42. The van der Waals surface area contributed by atoms with Gasteiger partial charge in [-0.1, -0.05) is 26.0 Å². The van der Waals surface area contributed by atoms with Gasteiger partial charge in [0.15, 0.2) is 23.0 Å². The number of carbonyl (C=O) groups is 2. The Morgan fingerprint density at radius 1 is 1.09 bits per heavy atom. The minimum atomic E-state index is -0.814. The van der Waals surface area contributed by atoms with Crippen molar-refractivity contribution in [1.29, 1.82) is 0 Å². The molecule has 0 aliphatic carbocycles. The number of ketones is 1. The first kappa shape index (κ1) is 23.2. The van der Waals surface area contributed by atoms with Crippen molar-refractivity contribution in [1.82, 2.24) is 0 Å². The fraction of sp³-hybridized carbons (Fsp3) is 0.360. The standard InChI is InChI=1S/C25H29NO6/c1-6-32-21-13-16(10-11-20(21)31-5)23-22(19(27)12-15(2)3)24(28)25(29)26(23)17-8-7-9-18(14-17)30-4/h7-11,13-15,23,28H,6,12H2,1-5H3. The minimum Gasteiger partial charge on any atom is -0.503 e. The number of aliphatic hydroxyl groups excluding tert-OH is 1. The maximum absolute atomic E-state index is 13.2. The number of methoxy groups -OCH3 is 2. The zero-order chi connectivity index (χ0) is 23.4. The second-order valence-corrected chi connectivity index (χ2v) is 7.91. The second kappa shape index (κ2) is 9.77. The van der Waals surface area contributed by atoms with E-state index in [0.29, 0.717) is 35.1 Å². The Bertz CT molecular complexity index is 1040. The van der Waals surface area contributed by atoms with Crippen molar-refractivity contribution >= 4 is 17.4 Å².